The van der Waals surface area contributed by atoms with Gasteiger partial charge in [0.15, 0.2) is 0 Å². The van der Waals surface area contributed by atoms with E-state index >= 15 is 0 Å². The van der Waals surface area contributed by atoms with Gasteiger partial charge in [0.25, 0.3) is 0 Å². The molecule has 1 aromatic carbocycles. The van der Waals surface area contributed by atoms with Gasteiger partial charge in [0.1, 0.15) is 0 Å². The van der Waals surface area contributed by atoms with Gasteiger partial charge in [-0.2, -0.15) is 5.26 Å². The number of rotatable bonds is 5. The molecule has 0 aliphatic carbocycles. The van der Waals surface area contributed by atoms with E-state index in [-0.39, 0.29) is 30.6 Å². The molecule has 5 nitrogen and oxygen atoms in total. The predicted molar refractivity (Wildman–Crippen MR) is 70.2 cm³/mol. The molecule has 0 saturated carbocycles. The number of amides is 1. The zero-order valence-corrected chi connectivity index (χ0v) is 11.0. The lowest BCUT2D eigenvalue weighted by atomic mass is 10.0. The second-order valence-electron chi connectivity index (χ2n) is 4.33. The van der Waals surface area contributed by atoms with E-state index in [4.69, 9.17) is 5.26 Å². The van der Waals surface area contributed by atoms with Gasteiger partial charge in [-0.3, -0.25) is 9.59 Å². The first-order valence-corrected chi connectivity index (χ1v) is 5.92. The maximum atomic E-state index is 11.7. The van der Waals surface area contributed by atoms with E-state index in [0.29, 0.717) is 11.3 Å². The van der Waals surface area contributed by atoms with E-state index in [1.807, 2.05) is 13.0 Å². The second kappa shape index (κ2) is 7.17. The minimum absolute atomic E-state index is 0.0779. The number of hydrogen-bond acceptors (Lipinski definition) is 4. The molecule has 100 valence electrons. The van der Waals surface area contributed by atoms with E-state index in [1.54, 1.807) is 24.3 Å². The Morgan fingerprint density at radius 1 is 1.32 bits per heavy atom. The van der Waals surface area contributed by atoms with Crippen molar-refractivity contribution in [2.75, 3.05) is 12.4 Å². The SMILES string of the molecule is COC(=O)CC(C)CC(=O)Nc1ccc(C#N)cc1. The van der Waals surface area contributed by atoms with Gasteiger partial charge in [0.05, 0.1) is 18.7 Å². The summed E-state index contributed by atoms with van der Waals surface area (Å²) in [5, 5.41) is 11.4. The standard InChI is InChI=1S/C14H16N2O3/c1-10(8-14(18)19-2)7-13(17)16-12-5-3-11(9-15)4-6-12/h3-6,10H,7-8H2,1-2H3,(H,16,17). The lowest BCUT2D eigenvalue weighted by Gasteiger charge is -2.10. The zero-order valence-electron chi connectivity index (χ0n) is 11.0. The Morgan fingerprint density at radius 2 is 1.95 bits per heavy atom. The summed E-state index contributed by atoms with van der Waals surface area (Å²) in [6, 6.07) is 8.60. The van der Waals surface area contributed by atoms with Gasteiger partial charge < -0.3 is 10.1 Å². The first-order valence-electron chi connectivity index (χ1n) is 5.92. The van der Waals surface area contributed by atoms with Crippen LogP contribution in [0.25, 0.3) is 0 Å². The average molecular weight is 260 g/mol. The predicted octanol–water partition coefficient (Wildman–Crippen LogP) is 2.09. The van der Waals surface area contributed by atoms with Crippen LogP contribution in [0.3, 0.4) is 0 Å². The normalized spacial score (nSPS) is 11.2. The molecule has 0 aliphatic heterocycles. The third kappa shape index (κ3) is 5.21. The van der Waals surface area contributed by atoms with E-state index in [1.165, 1.54) is 7.11 Å². The van der Waals surface area contributed by atoms with Crippen LogP contribution in [0, 0.1) is 17.2 Å². The average Bonchev–Trinajstić information content (AvgIpc) is 2.39. The fourth-order valence-corrected chi connectivity index (χ4v) is 1.60. The highest BCUT2D eigenvalue weighted by Crippen LogP contribution is 2.13. The Hall–Kier alpha value is -2.35. The number of nitriles is 1. The highest BCUT2D eigenvalue weighted by molar-refractivity contribution is 5.91. The van der Waals surface area contributed by atoms with Crippen molar-refractivity contribution >= 4 is 17.6 Å². The maximum Gasteiger partial charge on any atom is 0.305 e. The third-order valence-electron chi connectivity index (χ3n) is 2.57. The fourth-order valence-electron chi connectivity index (χ4n) is 1.60. The van der Waals surface area contributed by atoms with Crippen molar-refractivity contribution in [3.63, 3.8) is 0 Å². The molecule has 5 heteroatoms. The number of methoxy groups -OCH3 is 1. The number of nitrogens with zero attached hydrogens (tertiary/aromatic N) is 1. The Morgan fingerprint density at radius 3 is 2.47 bits per heavy atom. The highest BCUT2D eigenvalue weighted by atomic mass is 16.5. The van der Waals surface area contributed by atoms with Crippen LogP contribution in [0.5, 0.6) is 0 Å². The molecule has 0 fully saturated rings. The number of carbonyl (C=O) groups is 2. The number of esters is 1. The molecule has 0 aliphatic rings. The summed E-state index contributed by atoms with van der Waals surface area (Å²) in [6.45, 7) is 1.81. The number of carbonyl (C=O) groups excluding carboxylic acids is 2. The van der Waals surface area contributed by atoms with Crippen molar-refractivity contribution < 1.29 is 14.3 Å². The molecule has 0 heterocycles. The Bertz CT molecular complexity index is 488. The third-order valence-corrected chi connectivity index (χ3v) is 2.57. The van der Waals surface area contributed by atoms with Crippen LogP contribution in [0.15, 0.2) is 24.3 Å². The van der Waals surface area contributed by atoms with Crippen LogP contribution in [0.1, 0.15) is 25.3 Å². The first-order chi connectivity index (χ1) is 9.05. The molecule has 1 aromatic rings. The van der Waals surface area contributed by atoms with Crippen molar-refractivity contribution in [2.24, 2.45) is 5.92 Å². The van der Waals surface area contributed by atoms with Gasteiger partial charge in [0, 0.05) is 18.5 Å². The number of ether oxygens (including phenoxy) is 1. The minimum Gasteiger partial charge on any atom is -0.469 e. The van der Waals surface area contributed by atoms with E-state index in [0.717, 1.165) is 0 Å². The molecular weight excluding hydrogens is 244 g/mol. The van der Waals surface area contributed by atoms with E-state index in [9.17, 15) is 9.59 Å². The van der Waals surface area contributed by atoms with Crippen molar-refractivity contribution in [3.05, 3.63) is 29.8 Å². The van der Waals surface area contributed by atoms with Gasteiger partial charge in [-0.1, -0.05) is 6.92 Å². The summed E-state index contributed by atoms with van der Waals surface area (Å²) in [6.07, 6.45) is 0.465. The number of anilines is 1. The van der Waals surface area contributed by atoms with Crippen LogP contribution in [0.2, 0.25) is 0 Å². The summed E-state index contributed by atoms with van der Waals surface area (Å²) >= 11 is 0. The Kier molecular flexibility index (Phi) is 5.55. The van der Waals surface area contributed by atoms with Crippen LogP contribution in [-0.2, 0) is 14.3 Å². The summed E-state index contributed by atoms with van der Waals surface area (Å²) in [5.41, 5.74) is 1.17. The zero-order chi connectivity index (χ0) is 14.3. The summed E-state index contributed by atoms with van der Waals surface area (Å²) in [5.74, 6) is -0.564. The molecule has 1 unspecified atom stereocenters. The first kappa shape index (κ1) is 14.7. The monoisotopic (exact) mass is 260 g/mol. The lowest BCUT2D eigenvalue weighted by Crippen LogP contribution is -2.17. The maximum absolute atomic E-state index is 11.7. The van der Waals surface area contributed by atoms with Crippen molar-refractivity contribution in [1.82, 2.24) is 0 Å². The van der Waals surface area contributed by atoms with Crippen LogP contribution in [-0.4, -0.2) is 19.0 Å². The Labute approximate surface area is 112 Å². The van der Waals surface area contributed by atoms with Crippen LogP contribution in [0.4, 0.5) is 5.69 Å². The molecule has 0 saturated heterocycles. The lowest BCUT2D eigenvalue weighted by molar-refractivity contribution is -0.141. The van der Waals surface area contributed by atoms with E-state index in [2.05, 4.69) is 10.1 Å². The topological polar surface area (TPSA) is 79.2 Å². The van der Waals surface area contributed by atoms with Crippen molar-refractivity contribution in [1.29, 1.82) is 5.26 Å². The highest BCUT2D eigenvalue weighted by Gasteiger charge is 2.13. The van der Waals surface area contributed by atoms with Crippen LogP contribution < -0.4 is 5.32 Å². The molecule has 0 spiro atoms. The molecule has 1 N–H and O–H groups in total. The van der Waals surface area contributed by atoms with E-state index < -0.39 is 0 Å². The van der Waals surface area contributed by atoms with Gasteiger partial charge in [-0.15, -0.1) is 0 Å². The molecule has 0 aromatic heterocycles. The quantitative estimate of drug-likeness (QED) is 0.822. The summed E-state index contributed by atoms with van der Waals surface area (Å²) in [4.78, 5) is 22.8. The number of nitrogens with one attached hydrogen (secondary N) is 1. The van der Waals surface area contributed by atoms with Crippen LogP contribution >= 0.6 is 0 Å². The summed E-state index contributed by atoms with van der Waals surface area (Å²) < 4.78 is 4.54. The molecule has 1 rings (SSSR count). The minimum atomic E-state index is -0.321. The smallest absolute Gasteiger partial charge is 0.305 e. The van der Waals surface area contributed by atoms with Gasteiger partial charge in [-0.05, 0) is 30.2 Å². The van der Waals surface area contributed by atoms with Gasteiger partial charge in [-0.25, -0.2) is 0 Å². The van der Waals surface area contributed by atoms with Crippen molar-refractivity contribution in [2.45, 2.75) is 19.8 Å². The molecule has 0 radical (unpaired) electrons. The second-order valence-corrected chi connectivity index (χ2v) is 4.33. The van der Waals surface area contributed by atoms with Gasteiger partial charge >= 0.3 is 5.97 Å². The summed E-state index contributed by atoms with van der Waals surface area (Å²) in [7, 11) is 1.33. The number of hydrogen-bond donors (Lipinski definition) is 1. The molecule has 1 amide bonds. The molecule has 19 heavy (non-hydrogen) atoms. The number of benzene rings is 1. The van der Waals surface area contributed by atoms with Gasteiger partial charge in [0.2, 0.25) is 5.91 Å². The Balaban J connectivity index is 2.46. The largest absolute Gasteiger partial charge is 0.469 e. The molecule has 1 atom stereocenters. The fraction of sp³-hybridized carbons (Fsp3) is 0.357. The molecule has 0 bridgehead atoms. The van der Waals surface area contributed by atoms with Crippen molar-refractivity contribution in [3.8, 4) is 6.07 Å². The molecular formula is C14H16N2O3.